The van der Waals surface area contributed by atoms with Crippen LogP contribution in [0, 0.1) is 5.92 Å². The molecule has 0 aromatic rings. The quantitative estimate of drug-likeness (QED) is 0.823. The molecule has 0 aliphatic heterocycles. The van der Waals surface area contributed by atoms with E-state index in [1.165, 1.54) is 4.90 Å². The molecule has 1 N–H and O–H groups in total. The lowest BCUT2D eigenvalue weighted by Gasteiger charge is -2.37. The highest BCUT2D eigenvalue weighted by atomic mass is 16.4. The molecule has 0 saturated heterocycles. The summed E-state index contributed by atoms with van der Waals surface area (Å²) in [5.74, 6) is -0.583. The molecule has 0 aliphatic rings. The van der Waals surface area contributed by atoms with Gasteiger partial charge in [-0.05, 0) is 26.7 Å². The number of nitrogens with zero attached hydrogens (tertiary/aromatic N) is 2. The number of rotatable bonds is 5. The minimum Gasteiger partial charge on any atom is -0.480 e. The van der Waals surface area contributed by atoms with Crippen molar-refractivity contribution in [2.45, 2.75) is 46.6 Å². The van der Waals surface area contributed by atoms with Crippen LogP contribution in [0.15, 0.2) is 0 Å². The second-order valence-electron chi connectivity index (χ2n) is 5.83. The van der Waals surface area contributed by atoms with E-state index >= 15 is 0 Å². The SMILES string of the molecule is CCC(C)CN(C)C(=O)N(CC(=O)O)C(C)(C)C. The molecule has 1 unspecified atom stereocenters. The summed E-state index contributed by atoms with van der Waals surface area (Å²) in [5.41, 5.74) is -0.501. The Hall–Kier alpha value is -1.26. The van der Waals surface area contributed by atoms with E-state index in [0.29, 0.717) is 12.5 Å². The molecule has 1 atom stereocenters. The number of carbonyl (C=O) groups is 2. The fraction of sp³-hybridized carbons (Fsp3) is 0.846. The van der Waals surface area contributed by atoms with Crippen LogP contribution < -0.4 is 0 Å². The number of hydrogen-bond donors (Lipinski definition) is 1. The van der Waals surface area contributed by atoms with Gasteiger partial charge in [0, 0.05) is 19.1 Å². The first-order chi connectivity index (χ1) is 8.09. The molecule has 0 aromatic carbocycles. The first kappa shape index (κ1) is 16.7. The lowest BCUT2D eigenvalue weighted by Crippen LogP contribution is -2.53. The summed E-state index contributed by atoms with van der Waals surface area (Å²) in [7, 11) is 1.72. The van der Waals surface area contributed by atoms with Crippen molar-refractivity contribution in [1.29, 1.82) is 0 Å². The summed E-state index contributed by atoms with van der Waals surface area (Å²) in [6.45, 7) is 10.0. The molecule has 0 rings (SSSR count). The molecule has 5 heteroatoms. The lowest BCUT2D eigenvalue weighted by atomic mass is 10.1. The summed E-state index contributed by atoms with van der Waals surface area (Å²) in [6, 6.07) is -0.231. The highest BCUT2D eigenvalue weighted by Gasteiger charge is 2.30. The highest BCUT2D eigenvalue weighted by Crippen LogP contribution is 2.16. The zero-order chi connectivity index (χ0) is 14.5. The molecular weight excluding hydrogens is 232 g/mol. The van der Waals surface area contributed by atoms with Crippen molar-refractivity contribution in [3.05, 3.63) is 0 Å². The average Bonchev–Trinajstić information content (AvgIpc) is 2.22. The van der Waals surface area contributed by atoms with Crippen LogP contribution in [0.2, 0.25) is 0 Å². The first-order valence-electron chi connectivity index (χ1n) is 6.34. The maximum absolute atomic E-state index is 12.3. The predicted molar refractivity (Wildman–Crippen MR) is 71.6 cm³/mol. The van der Waals surface area contributed by atoms with E-state index in [1.807, 2.05) is 20.8 Å². The number of carboxylic acids is 1. The molecule has 5 nitrogen and oxygen atoms in total. The van der Waals surface area contributed by atoms with E-state index in [9.17, 15) is 9.59 Å². The Morgan fingerprint density at radius 3 is 2.11 bits per heavy atom. The van der Waals surface area contributed by atoms with Gasteiger partial charge in [-0.3, -0.25) is 4.79 Å². The average molecular weight is 258 g/mol. The standard InChI is InChI=1S/C13H26N2O3/c1-7-10(2)8-14(6)12(18)15(9-11(16)17)13(3,4)5/h10H,7-9H2,1-6H3,(H,16,17). The molecule has 0 fully saturated rings. The van der Waals surface area contributed by atoms with Gasteiger partial charge in [-0.25, -0.2) is 4.79 Å². The van der Waals surface area contributed by atoms with E-state index in [-0.39, 0.29) is 12.6 Å². The van der Waals surface area contributed by atoms with Gasteiger partial charge in [-0.1, -0.05) is 20.3 Å². The number of hydrogen-bond acceptors (Lipinski definition) is 2. The van der Waals surface area contributed by atoms with Crippen LogP contribution in [-0.4, -0.2) is 52.6 Å². The summed E-state index contributed by atoms with van der Waals surface area (Å²) < 4.78 is 0. The Labute approximate surface area is 110 Å². The third kappa shape index (κ3) is 5.38. The van der Waals surface area contributed by atoms with Crippen LogP contribution in [0.1, 0.15) is 41.0 Å². The molecule has 0 bridgehead atoms. The molecule has 106 valence electrons. The Balaban J connectivity index is 4.80. The fourth-order valence-corrected chi connectivity index (χ4v) is 1.61. The number of carboxylic acid groups (broad SMARTS) is 1. The highest BCUT2D eigenvalue weighted by molar-refractivity contribution is 5.80. The Kier molecular flexibility index (Phi) is 6.15. The molecule has 0 aliphatic carbocycles. The van der Waals surface area contributed by atoms with E-state index in [1.54, 1.807) is 11.9 Å². The molecule has 18 heavy (non-hydrogen) atoms. The minimum atomic E-state index is -0.991. The van der Waals surface area contributed by atoms with Gasteiger partial charge in [0.1, 0.15) is 6.54 Å². The molecule has 0 saturated carbocycles. The molecule has 0 aromatic heterocycles. The van der Waals surface area contributed by atoms with E-state index in [0.717, 1.165) is 6.42 Å². The van der Waals surface area contributed by atoms with Crippen LogP contribution in [0.5, 0.6) is 0 Å². The monoisotopic (exact) mass is 258 g/mol. The summed E-state index contributed by atoms with van der Waals surface area (Å²) in [5, 5.41) is 8.89. The van der Waals surface area contributed by atoms with Gasteiger partial charge in [-0.2, -0.15) is 0 Å². The predicted octanol–water partition coefficient (Wildman–Crippen LogP) is 2.27. The summed E-state index contributed by atoms with van der Waals surface area (Å²) in [4.78, 5) is 26.1. The van der Waals surface area contributed by atoms with Gasteiger partial charge >= 0.3 is 12.0 Å². The second-order valence-corrected chi connectivity index (χ2v) is 5.83. The first-order valence-corrected chi connectivity index (χ1v) is 6.34. The molecule has 2 amide bonds. The van der Waals surface area contributed by atoms with Gasteiger partial charge in [0.25, 0.3) is 0 Å². The normalized spacial score (nSPS) is 13.0. The van der Waals surface area contributed by atoms with Crippen molar-refractivity contribution in [1.82, 2.24) is 9.80 Å². The topological polar surface area (TPSA) is 60.9 Å². The molecule has 0 radical (unpaired) electrons. The third-order valence-electron chi connectivity index (χ3n) is 2.94. The lowest BCUT2D eigenvalue weighted by molar-refractivity contribution is -0.138. The maximum Gasteiger partial charge on any atom is 0.323 e. The summed E-state index contributed by atoms with van der Waals surface area (Å²) in [6.07, 6.45) is 0.992. The van der Waals surface area contributed by atoms with Crippen molar-refractivity contribution in [2.24, 2.45) is 5.92 Å². The summed E-state index contributed by atoms with van der Waals surface area (Å²) >= 11 is 0. The van der Waals surface area contributed by atoms with Crippen LogP contribution in [0.25, 0.3) is 0 Å². The fourth-order valence-electron chi connectivity index (χ4n) is 1.61. The minimum absolute atomic E-state index is 0.231. The number of carbonyl (C=O) groups excluding carboxylic acids is 1. The molecular formula is C13H26N2O3. The molecule has 0 spiro atoms. The van der Waals surface area contributed by atoms with Gasteiger partial charge < -0.3 is 14.9 Å². The number of aliphatic carboxylic acids is 1. The number of urea groups is 1. The Bertz CT molecular complexity index is 297. The van der Waals surface area contributed by atoms with Crippen molar-refractivity contribution in [3.63, 3.8) is 0 Å². The van der Waals surface area contributed by atoms with Gasteiger partial charge in [0.2, 0.25) is 0 Å². The van der Waals surface area contributed by atoms with Gasteiger partial charge in [0.15, 0.2) is 0 Å². The number of amides is 2. The zero-order valence-corrected chi connectivity index (χ0v) is 12.4. The third-order valence-corrected chi connectivity index (χ3v) is 2.94. The largest absolute Gasteiger partial charge is 0.480 e. The van der Waals surface area contributed by atoms with E-state index < -0.39 is 11.5 Å². The zero-order valence-electron chi connectivity index (χ0n) is 12.4. The van der Waals surface area contributed by atoms with Crippen molar-refractivity contribution in [3.8, 4) is 0 Å². The van der Waals surface area contributed by atoms with Crippen LogP contribution in [0.3, 0.4) is 0 Å². The van der Waals surface area contributed by atoms with Crippen LogP contribution in [-0.2, 0) is 4.79 Å². The van der Waals surface area contributed by atoms with Crippen LogP contribution >= 0.6 is 0 Å². The smallest absolute Gasteiger partial charge is 0.323 e. The van der Waals surface area contributed by atoms with Gasteiger partial charge in [-0.15, -0.1) is 0 Å². The van der Waals surface area contributed by atoms with Crippen molar-refractivity contribution in [2.75, 3.05) is 20.1 Å². The van der Waals surface area contributed by atoms with Crippen molar-refractivity contribution >= 4 is 12.0 Å². The van der Waals surface area contributed by atoms with Crippen LogP contribution in [0.4, 0.5) is 4.79 Å². The van der Waals surface area contributed by atoms with E-state index in [2.05, 4.69) is 13.8 Å². The molecule has 0 heterocycles. The maximum atomic E-state index is 12.3. The Morgan fingerprint density at radius 1 is 1.28 bits per heavy atom. The van der Waals surface area contributed by atoms with Crippen molar-refractivity contribution < 1.29 is 14.7 Å². The van der Waals surface area contributed by atoms with Gasteiger partial charge in [0.05, 0.1) is 0 Å². The Morgan fingerprint density at radius 2 is 1.78 bits per heavy atom. The van der Waals surface area contributed by atoms with E-state index in [4.69, 9.17) is 5.11 Å². The second kappa shape index (κ2) is 6.61.